The molecule has 0 atom stereocenters. The van der Waals surface area contributed by atoms with Crippen LogP contribution in [0.4, 0.5) is 0 Å². The summed E-state index contributed by atoms with van der Waals surface area (Å²) in [7, 11) is 0. The monoisotopic (exact) mass is 382 g/mol. The summed E-state index contributed by atoms with van der Waals surface area (Å²) in [6, 6.07) is 22.8. The van der Waals surface area contributed by atoms with Gasteiger partial charge in [-0.15, -0.1) is 0 Å². The van der Waals surface area contributed by atoms with E-state index in [9.17, 15) is 0 Å². The Hall–Kier alpha value is -1.80. The Balaban J connectivity index is 1.85. The van der Waals surface area contributed by atoms with Crippen molar-refractivity contribution in [1.82, 2.24) is 5.32 Å². The molecule has 0 aliphatic rings. The first kappa shape index (κ1) is 19.0. The third-order valence-corrected chi connectivity index (χ3v) is 5.33. The second kappa shape index (κ2) is 8.73. The highest BCUT2D eigenvalue weighted by Crippen LogP contribution is 2.29. The van der Waals surface area contributed by atoms with Gasteiger partial charge in [-0.2, -0.15) is 0 Å². The Morgan fingerprint density at radius 3 is 1.81 bits per heavy atom. The van der Waals surface area contributed by atoms with Crippen molar-refractivity contribution in [3.05, 3.63) is 111 Å². The summed E-state index contributed by atoms with van der Waals surface area (Å²) < 4.78 is 0. The molecular weight excluding hydrogens is 361 g/mol. The zero-order chi connectivity index (χ0) is 18.5. The van der Waals surface area contributed by atoms with E-state index in [-0.39, 0.29) is 0 Å². The second-order valence-corrected chi connectivity index (χ2v) is 7.31. The van der Waals surface area contributed by atoms with Gasteiger partial charge in [0.05, 0.1) is 0 Å². The first-order chi connectivity index (χ1) is 12.5. The van der Waals surface area contributed by atoms with E-state index >= 15 is 0 Å². The van der Waals surface area contributed by atoms with Crippen molar-refractivity contribution >= 4 is 23.2 Å². The van der Waals surface area contributed by atoms with Gasteiger partial charge in [0.2, 0.25) is 0 Å². The van der Waals surface area contributed by atoms with E-state index in [1.54, 1.807) is 0 Å². The van der Waals surface area contributed by atoms with Crippen LogP contribution in [0.25, 0.3) is 0 Å². The molecule has 0 bridgehead atoms. The quantitative estimate of drug-likeness (QED) is 0.521. The van der Waals surface area contributed by atoms with E-state index in [2.05, 4.69) is 53.8 Å². The molecule has 26 heavy (non-hydrogen) atoms. The lowest BCUT2D eigenvalue weighted by Crippen LogP contribution is -2.23. The molecule has 0 aromatic heterocycles. The zero-order valence-corrected chi connectivity index (χ0v) is 16.5. The van der Waals surface area contributed by atoms with Crippen molar-refractivity contribution < 1.29 is 0 Å². The van der Waals surface area contributed by atoms with Gasteiger partial charge in [-0.25, -0.2) is 0 Å². The molecule has 3 aromatic rings. The highest BCUT2D eigenvalue weighted by Gasteiger charge is 2.17. The third kappa shape index (κ3) is 4.67. The molecule has 3 heteroatoms. The molecule has 0 fully saturated rings. The molecule has 0 spiro atoms. The number of hydrogen-bond donors (Lipinski definition) is 1. The summed E-state index contributed by atoms with van der Waals surface area (Å²) in [6.45, 7) is 5.57. The van der Waals surface area contributed by atoms with Gasteiger partial charge < -0.3 is 5.32 Å². The molecule has 0 aliphatic heterocycles. The average Bonchev–Trinajstić information content (AvgIpc) is 2.65. The maximum absolute atomic E-state index is 6.37. The molecule has 0 saturated heterocycles. The molecule has 1 radical (unpaired) electrons. The predicted molar refractivity (Wildman–Crippen MR) is 112 cm³/mol. The van der Waals surface area contributed by atoms with Crippen molar-refractivity contribution in [3.8, 4) is 0 Å². The van der Waals surface area contributed by atoms with Gasteiger partial charge in [0.15, 0.2) is 0 Å². The summed E-state index contributed by atoms with van der Waals surface area (Å²) in [5.74, 6) is 1.18. The van der Waals surface area contributed by atoms with Crippen LogP contribution in [0, 0.1) is 19.8 Å². The minimum atomic E-state index is 0.730. The number of halogens is 2. The maximum atomic E-state index is 6.37. The molecule has 1 nitrogen and oxygen atoms in total. The smallest absolute Gasteiger partial charge is 0.0477 e. The van der Waals surface area contributed by atoms with E-state index in [0.29, 0.717) is 0 Å². The van der Waals surface area contributed by atoms with Crippen LogP contribution in [0.2, 0.25) is 10.0 Å². The standard InChI is InChI=1S/C23H22Cl2N/c1-16-8-10-19(12-22(16)24)21(20-11-9-17(2)23(25)13-20)15-26-14-18-6-4-3-5-7-18/h3-13,26H,14-15H2,1-2H3. The number of aryl methyl sites for hydroxylation is 2. The van der Waals surface area contributed by atoms with Gasteiger partial charge in [-0.05, 0) is 53.8 Å². The summed E-state index contributed by atoms with van der Waals surface area (Å²) in [4.78, 5) is 0. The fraction of sp³-hybridized carbons (Fsp3) is 0.174. The zero-order valence-electron chi connectivity index (χ0n) is 15.0. The predicted octanol–water partition coefficient (Wildman–Crippen LogP) is 6.37. The molecule has 0 unspecified atom stereocenters. The molecule has 3 aromatic carbocycles. The van der Waals surface area contributed by atoms with Gasteiger partial charge in [0.1, 0.15) is 0 Å². The topological polar surface area (TPSA) is 12.0 Å². The highest BCUT2D eigenvalue weighted by molar-refractivity contribution is 6.31. The van der Waals surface area contributed by atoms with Crippen molar-refractivity contribution in [2.75, 3.05) is 6.54 Å². The van der Waals surface area contributed by atoms with Gasteiger partial charge in [0.25, 0.3) is 0 Å². The van der Waals surface area contributed by atoms with Crippen LogP contribution < -0.4 is 5.32 Å². The molecule has 0 saturated carbocycles. The molecule has 0 aliphatic carbocycles. The second-order valence-electron chi connectivity index (χ2n) is 6.50. The number of hydrogen-bond acceptors (Lipinski definition) is 1. The Bertz CT molecular complexity index is 823. The van der Waals surface area contributed by atoms with Crippen molar-refractivity contribution in [3.63, 3.8) is 0 Å². The molecule has 3 rings (SSSR count). The van der Waals surface area contributed by atoms with Crippen LogP contribution in [-0.2, 0) is 6.54 Å². The van der Waals surface area contributed by atoms with Crippen LogP contribution in [-0.4, -0.2) is 6.54 Å². The van der Waals surface area contributed by atoms with Crippen LogP contribution in [0.5, 0.6) is 0 Å². The summed E-state index contributed by atoms with van der Waals surface area (Å²) >= 11 is 12.7. The van der Waals surface area contributed by atoms with Gasteiger partial charge >= 0.3 is 0 Å². The minimum absolute atomic E-state index is 0.730. The lowest BCUT2D eigenvalue weighted by molar-refractivity contribution is 0.716. The maximum Gasteiger partial charge on any atom is 0.0477 e. The Morgan fingerprint density at radius 1 is 0.769 bits per heavy atom. The van der Waals surface area contributed by atoms with Gasteiger partial charge in [-0.3, -0.25) is 0 Å². The molecular formula is C23H22Cl2N. The van der Waals surface area contributed by atoms with Gasteiger partial charge in [-0.1, -0.05) is 77.8 Å². The van der Waals surface area contributed by atoms with Crippen molar-refractivity contribution in [2.24, 2.45) is 0 Å². The molecule has 0 heterocycles. The molecule has 1 N–H and O–H groups in total. The van der Waals surface area contributed by atoms with E-state index < -0.39 is 0 Å². The third-order valence-electron chi connectivity index (χ3n) is 4.51. The van der Waals surface area contributed by atoms with Crippen LogP contribution >= 0.6 is 23.2 Å². The first-order valence-corrected chi connectivity index (χ1v) is 9.43. The van der Waals surface area contributed by atoms with E-state index in [1.807, 2.05) is 32.0 Å². The van der Waals surface area contributed by atoms with Crippen LogP contribution in [0.1, 0.15) is 27.8 Å². The van der Waals surface area contributed by atoms with Crippen molar-refractivity contribution in [1.29, 1.82) is 0 Å². The molecule has 0 amide bonds. The molecule has 133 valence electrons. The first-order valence-electron chi connectivity index (χ1n) is 8.68. The fourth-order valence-corrected chi connectivity index (χ4v) is 3.22. The largest absolute Gasteiger partial charge is 0.311 e. The number of nitrogens with one attached hydrogen (secondary N) is 1. The average molecular weight is 383 g/mol. The number of rotatable bonds is 6. The van der Waals surface area contributed by atoms with Crippen LogP contribution in [0.15, 0.2) is 66.7 Å². The van der Waals surface area contributed by atoms with Gasteiger partial charge in [0, 0.05) is 29.1 Å². The van der Waals surface area contributed by atoms with Crippen LogP contribution in [0.3, 0.4) is 0 Å². The van der Waals surface area contributed by atoms with E-state index in [0.717, 1.165) is 45.4 Å². The lowest BCUT2D eigenvalue weighted by Gasteiger charge is -2.20. The summed E-state index contributed by atoms with van der Waals surface area (Å²) in [5, 5.41) is 5.10. The minimum Gasteiger partial charge on any atom is -0.311 e. The lowest BCUT2D eigenvalue weighted by atomic mass is 9.90. The highest BCUT2D eigenvalue weighted by atomic mass is 35.5. The summed E-state index contributed by atoms with van der Waals surface area (Å²) in [6.07, 6.45) is 0. The Morgan fingerprint density at radius 2 is 1.31 bits per heavy atom. The van der Waals surface area contributed by atoms with E-state index in [4.69, 9.17) is 23.2 Å². The Kier molecular flexibility index (Phi) is 6.37. The Labute approximate surface area is 166 Å². The SMILES string of the molecule is Cc1ccc([C](CNCc2ccccc2)c2ccc(C)c(Cl)c2)cc1Cl. The van der Waals surface area contributed by atoms with E-state index in [1.165, 1.54) is 11.5 Å². The fourth-order valence-electron chi connectivity index (χ4n) is 2.86. The number of benzene rings is 3. The van der Waals surface area contributed by atoms with Crippen molar-refractivity contribution in [2.45, 2.75) is 20.4 Å². The summed E-state index contributed by atoms with van der Waals surface area (Å²) in [5.41, 5.74) is 5.64. The normalized spacial score (nSPS) is 11.1.